The van der Waals surface area contributed by atoms with Crippen LogP contribution in [0.15, 0.2) is 105 Å². The standard InChI is InChI=1S/C33H32BrN3O6S.ClH/c1-43-31-20-23(28(34)22-27(31)33(39)40)21-32(38)37(30-13-7-6-12-29(30)36-18-8-3-9-19-36)35-24-14-16-26(17-15-24)44(41,42)25-10-4-2-5-11-25;/h2,4-7,10-17,20,22,35H,3,8-9,18-19,21H2,1H3,(H,39,40);1H. The lowest BCUT2D eigenvalue weighted by Crippen LogP contribution is -2.39. The molecule has 5 rings (SSSR count). The van der Waals surface area contributed by atoms with Crippen LogP contribution in [0.2, 0.25) is 0 Å². The monoisotopic (exact) mass is 713 g/mol. The van der Waals surface area contributed by atoms with Crippen LogP contribution in [0.4, 0.5) is 17.1 Å². The summed E-state index contributed by atoms with van der Waals surface area (Å²) >= 11 is 3.43. The third-order valence-corrected chi connectivity index (χ3v) is 9.99. The predicted molar refractivity (Wildman–Crippen MR) is 181 cm³/mol. The van der Waals surface area contributed by atoms with Crippen molar-refractivity contribution in [3.63, 3.8) is 0 Å². The Balaban J connectivity index is 0.00000461. The number of para-hydroxylation sites is 2. The van der Waals surface area contributed by atoms with Crippen molar-refractivity contribution in [3.8, 4) is 5.75 Å². The summed E-state index contributed by atoms with van der Waals surface area (Å²) in [7, 11) is -2.33. The number of hydrogen-bond donors (Lipinski definition) is 2. The molecule has 4 aromatic rings. The minimum atomic E-state index is -3.71. The second-order valence-corrected chi connectivity index (χ2v) is 13.1. The van der Waals surface area contributed by atoms with Crippen LogP contribution in [0.3, 0.4) is 0 Å². The van der Waals surface area contributed by atoms with Crippen molar-refractivity contribution < 1.29 is 27.9 Å². The fourth-order valence-corrected chi connectivity index (χ4v) is 6.96. The van der Waals surface area contributed by atoms with Crippen LogP contribution in [0.1, 0.15) is 35.2 Å². The first-order valence-corrected chi connectivity index (χ1v) is 16.4. The van der Waals surface area contributed by atoms with Crippen molar-refractivity contribution in [1.82, 2.24) is 0 Å². The van der Waals surface area contributed by atoms with Crippen LogP contribution >= 0.6 is 28.3 Å². The topological polar surface area (TPSA) is 116 Å². The molecule has 9 nitrogen and oxygen atoms in total. The Morgan fingerprint density at radius 2 is 1.53 bits per heavy atom. The van der Waals surface area contributed by atoms with Gasteiger partial charge in [0.2, 0.25) is 15.7 Å². The van der Waals surface area contributed by atoms with Gasteiger partial charge in [0.15, 0.2) is 0 Å². The molecule has 45 heavy (non-hydrogen) atoms. The van der Waals surface area contributed by atoms with Crippen molar-refractivity contribution >= 4 is 67.1 Å². The lowest BCUT2D eigenvalue weighted by Gasteiger charge is -2.34. The van der Waals surface area contributed by atoms with E-state index in [9.17, 15) is 23.1 Å². The summed E-state index contributed by atoms with van der Waals surface area (Å²) < 4.78 is 32.0. The number of amides is 1. The van der Waals surface area contributed by atoms with E-state index in [0.717, 1.165) is 38.0 Å². The molecule has 0 bridgehead atoms. The first-order chi connectivity index (χ1) is 21.2. The van der Waals surface area contributed by atoms with E-state index in [0.29, 0.717) is 21.4 Å². The van der Waals surface area contributed by atoms with E-state index >= 15 is 0 Å². The van der Waals surface area contributed by atoms with Gasteiger partial charge in [-0.15, -0.1) is 12.4 Å². The summed E-state index contributed by atoms with van der Waals surface area (Å²) in [5.41, 5.74) is 5.79. The molecule has 0 spiro atoms. The van der Waals surface area contributed by atoms with Gasteiger partial charge in [-0.2, -0.15) is 0 Å². The predicted octanol–water partition coefficient (Wildman–Crippen LogP) is 7.00. The average Bonchev–Trinajstić information content (AvgIpc) is 3.05. The van der Waals surface area contributed by atoms with Gasteiger partial charge in [0.05, 0.1) is 40.4 Å². The first-order valence-electron chi connectivity index (χ1n) is 14.1. The number of benzene rings is 4. The average molecular weight is 715 g/mol. The number of sulfone groups is 1. The summed E-state index contributed by atoms with van der Waals surface area (Å²) in [6, 6.07) is 25.1. The quantitative estimate of drug-likeness (QED) is 0.169. The molecule has 1 fully saturated rings. The first kappa shape index (κ1) is 33.8. The Hall–Kier alpha value is -4.06. The Morgan fingerprint density at radius 3 is 2.18 bits per heavy atom. The number of nitrogens with one attached hydrogen (secondary N) is 1. The van der Waals surface area contributed by atoms with Gasteiger partial charge >= 0.3 is 5.97 Å². The molecule has 4 aromatic carbocycles. The Labute approximate surface area is 277 Å². The number of ether oxygens (including phenoxy) is 1. The van der Waals surface area contributed by atoms with E-state index in [1.54, 1.807) is 48.5 Å². The zero-order valence-electron chi connectivity index (χ0n) is 24.5. The van der Waals surface area contributed by atoms with Gasteiger partial charge in [-0.3, -0.25) is 10.2 Å². The van der Waals surface area contributed by atoms with Crippen LogP contribution in [0, 0.1) is 0 Å². The summed E-state index contributed by atoms with van der Waals surface area (Å²) in [5.74, 6) is -1.31. The fourth-order valence-electron chi connectivity index (χ4n) is 5.19. The highest BCUT2D eigenvalue weighted by molar-refractivity contribution is 9.10. The highest BCUT2D eigenvalue weighted by Gasteiger charge is 2.25. The summed E-state index contributed by atoms with van der Waals surface area (Å²) in [4.78, 5) is 28.4. The van der Waals surface area contributed by atoms with Gasteiger partial charge in [-0.1, -0.05) is 46.3 Å². The summed E-state index contributed by atoms with van der Waals surface area (Å²) in [6.07, 6.45) is 3.17. The highest BCUT2D eigenvalue weighted by atomic mass is 79.9. The molecule has 0 radical (unpaired) electrons. The third-order valence-electron chi connectivity index (χ3n) is 7.47. The molecule has 1 heterocycles. The van der Waals surface area contributed by atoms with Crippen molar-refractivity contribution in [1.29, 1.82) is 0 Å². The Kier molecular flexibility index (Phi) is 11.1. The van der Waals surface area contributed by atoms with Gasteiger partial charge in [-0.25, -0.2) is 18.2 Å². The molecule has 1 aliphatic heterocycles. The van der Waals surface area contributed by atoms with E-state index < -0.39 is 15.8 Å². The number of rotatable bonds is 10. The molecule has 12 heteroatoms. The molecule has 0 atom stereocenters. The minimum Gasteiger partial charge on any atom is -0.496 e. The van der Waals surface area contributed by atoms with Gasteiger partial charge in [-0.05, 0) is 85.5 Å². The highest BCUT2D eigenvalue weighted by Crippen LogP contribution is 2.34. The molecule has 0 unspecified atom stereocenters. The molecular formula is C33H33BrClN3O6S. The SMILES string of the molecule is COc1cc(CC(=O)N(Nc2ccc(S(=O)(=O)c3ccccc3)cc2)c2ccccc2N2CCCCC2)c(Br)cc1C(=O)O.Cl. The molecule has 1 aliphatic rings. The van der Waals surface area contributed by atoms with Crippen LogP contribution in [-0.2, 0) is 21.1 Å². The van der Waals surface area contributed by atoms with Crippen LogP contribution in [-0.4, -0.2) is 45.6 Å². The maximum absolute atomic E-state index is 14.1. The Morgan fingerprint density at radius 1 is 0.911 bits per heavy atom. The maximum atomic E-state index is 14.1. The van der Waals surface area contributed by atoms with E-state index in [1.165, 1.54) is 30.3 Å². The zero-order valence-corrected chi connectivity index (χ0v) is 27.7. The molecular weight excluding hydrogens is 682 g/mol. The number of carboxylic acid groups (broad SMARTS) is 1. The number of aromatic carboxylic acids is 1. The number of nitrogens with zero attached hydrogens (tertiary/aromatic N) is 2. The number of carbonyl (C=O) groups is 2. The van der Waals surface area contributed by atoms with Gasteiger partial charge in [0.1, 0.15) is 11.3 Å². The zero-order chi connectivity index (χ0) is 31.3. The third kappa shape index (κ3) is 7.61. The number of carbonyl (C=O) groups excluding carboxylic acids is 1. The molecule has 0 aliphatic carbocycles. The maximum Gasteiger partial charge on any atom is 0.339 e. The van der Waals surface area contributed by atoms with Crippen LogP contribution in [0.25, 0.3) is 0 Å². The van der Waals surface area contributed by atoms with E-state index in [4.69, 9.17) is 4.74 Å². The lowest BCUT2D eigenvalue weighted by molar-refractivity contribution is -0.117. The molecule has 1 saturated heterocycles. The van der Waals surface area contributed by atoms with E-state index in [-0.39, 0.29) is 45.8 Å². The number of hydrogen-bond acceptors (Lipinski definition) is 7. The van der Waals surface area contributed by atoms with Crippen molar-refractivity contribution in [2.45, 2.75) is 35.5 Å². The molecule has 1 amide bonds. The van der Waals surface area contributed by atoms with Gasteiger partial charge in [0, 0.05) is 17.6 Å². The number of methoxy groups -OCH3 is 1. The lowest BCUT2D eigenvalue weighted by atomic mass is 10.1. The molecule has 236 valence electrons. The number of piperidine rings is 1. The number of carboxylic acids is 1. The second kappa shape index (κ2) is 14.8. The van der Waals surface area contributed by atoms with Crippen LogP contribution < -0.4 is 20.1 Å². The molecule has 0 saturated carbocycles. The van der Waals surface area contributed by atoms with Crippen molar-refractivity contribution in [2.75, 3.05) is 35.5 Å². The molecule has 2 N–H and O–H groups in total. The molecule has 0 aromatic heterocycles. The second-order valence-electron chi connectivity index (χ2n) is 10.3. The largest absolute Gasteiger partial charge is 0.496 e. The van der Waals surface area contributed by atoms with Gasteiger partial charge in [0.25, 0.3) is 0 Å². The minimum absolute atomic E-state index is 0. The van der Waals surface area contributed by atoms with Gasteiger partial charge < -0.3 is 14.7 Å². The van der Waals surface area contributed by atoms with E-state index in [1.807, 2.05) is 24.3 Å². The number of halogens is 2. The summed E-state index contributed by atoms with van der Waals surface area (Å²) in [5, 5.41) is 11.0. The summed E-state index contributed by atoms with van der Waals surface area (Å²) in [6.45, 7) is 1.73. The smallest absolute Gasteiger partial charge is 0.339 e. The fraction of sp³-hybridized carbons (Fsp3) is 0.212. The normalized spacial score (nSPS) is 13.0. The number of hydrazine groups is 1. The number of anilines is 3. The Bertz CT molecular complexity index is 1770. The van der Waals surface area contributed by atoms with Crippen molar-refractivity contribution in [2.24, 2.45) is 0 Å². The van der Waals surface area contributed by atoms with Crippen LogP contribution in [0.5, 0.6) is 5.75 Å². The van der Waals surface area contributed by atoms with Crippen molar-refractivity contribution in [3.05, 3.63) is 107 Å². The van der Waals surface area contributed by atoms with E-state index in [2.05, 4.69) is 26.3 Å².